The Hall–Kier alpha value is 0.130. The van der Waals surface area contributed by atoms with Crippen LogP contribution in [0.1, 0.15) is 12.8 Å². The van der Waals surface area contributed by atoms with Gasteiger partial charge in [-0.15, -0.1) is 11.8 Å². The fourth-order valence-electron chi connectivity index (χ4n) is 0.476. The molecule has 2 N–H and O–H groups in total. The number of aliphatic hydroxyl groups excluding tert-OH is 1. The Labute approximate surface area is 75.6 Å². The summed E-state index contributed by atoms with van der Waals surface area (Å²) in [6.45, 7) is 0.105. The van der Waals surface area contributed by atoms with E-state index in [1.54, 1.807) is 0 Å². The lowest BCUT2D eigenvalue weighted by molar-refractivity contribution is -0.136. The Kier molecular flexibility index (Phi) is 6.90. The van der Waals surface area contributed by atoms with Gasteiger partial charge in [0, 0.05) is 16.9 Å². The summed E-state index contributed by atoms with van der Waals surface area (Å²) >= 11 is 5.58. The average Bonchev–Trinajstić information content (AvgIpc) is 1.87. The van der Waals surface area contributed by atoms with Gasteiger partial charge in [0.1, 0.15) is 0 Å². The molecule has 0 rings (SSSR count). The molecule has 0 aliphatic carbocycles. The lowest BCUT2D eigenvalue weighted by atomic mass is 10.5. The largest absolute Gasteiger partial charge is 0.481 e. The van der Waals surface area contributed by atoms with Gasteiger partial charge in [0.25, 0.3) is 0 Å². The molecule has 1 atom stereocenters. The number of aliphatic carboxylic acids is 1. The van der Waals surface area contributed by atoms with Crippen molar-refractivity contribution < 1.29 is 15.0 Å². The zero-order valence-corrected chi connectivity index (χ0v) is 7.77. The van der Waals surface area contributed by atoms with E-state index in [0.717, 1.165) is 0 Å². The molecule has 0 radical (unpaired) electrons. The summed E-state index contributed by atoms with van der Waals surface area (Å²) in [7, 11) is 0. The third-order valence-corrected chi connectivity index (χ3v) is 2.77. The molecule has 5 heteroatoms. The Morgan fingerprint density at radius 3 is 2.73 bits per heavy atom. The van der Waals surface area contributed by atoms with Gasteiger partial charge in [-0.1, -0.05) is 0 Å². The minimum absolute atomic E-state index is 0.0550. The second kappa shape index (κ2) is 6.82. The first-order chi connectivity index (χ1) is 5.16. The normalized spacial score (nSPS) is 12.9. The van der Waals surface area contributed by atoms with Gasteiger partial charge >= 0.3 is 5.97 Å². The molecule has 0 heterocycles. The summed E-state index contributed by atoms with van der Waals surface area (Å²) in [5.41, 5.74) is 0. The van der Waals surface area contributed by atoms with Crippen LogP contribution in [0.25, 0.3) is 0 Å². The molecule has 0 aromatic rings. The van der Waals surface area contributed by atoms with Crippen LogP contribution in [0.4, 0.5) is 0 Å². The van der Waals surface area contributed by atoms with Crippen LogP contribution in [0, 0.1) is 0 Å². The molecular weight excluding hydrogens is 184 g/mol. The minimum Gasteiger partial charge on any atom is -0.481 e. The monoisotopic (exact) mass is 196 g/mol. The van der Waals surface area contributed by atoms with E-state index in [4.69, 9.17) is 10.2 Å². The van der Waals surface area contributed by atoms with Crippen molar-refractivity contribution >= 4 is 30.4 Å². The van der Waals surface area contributed by atoms with Crippen molar-refractivity contribution in [3.8, 4) is 0 Å². The van der Waals surface area contributed by atoms with Gasteiger partial charge < -0.3 is 10.2 Å². The summed E-state index contributed by atoms with van der Waals surface area (Å²) < 4.78 is 0.0550. The summed E-state index contributed by atoms with van der Waals surface area (Å²) in [5.74, 6) is -0.231. The van der Waals surface area contributed by atoms with Crippen LogP contribution in [-0.2, 0) is 4.79 Å². The van der Waals surface area contributed by atoms with Gasteiger partial charge in [0.05, 0.1) is 6.42 Å². The van der Waals surface area contributed by atoms with E-state index in [1.807, 2.05) is 0 Å². The standard InChI is InChI=1S/C6H12O3S2/c7-3-1-6(10)11-4-2-5(8)9/h6-7,10H,1-4H2,(H,8,9). The third kappa shape index (κ3) is 8.03. The minimum atomic E-state index is -0.790. The first kappa shape index (κ1) is 11.1. The summed E-state index contributed by atoms with van der Waals surface area (Å²) in [6, 6.07) is 0. The van der Waals surface area contributed by atoms with Crippen molar-refractivity contribution in [1.29, 1.82) is 0 Å². The summed E-state index contributed by atoms with van der Waals surface area (Å²) in [6.07, 6.45) is 0.764. The van der Waals surface area contributed by atoms with Gasteiger partial charge in [-0.3, -0.25) is 4.79 Å². The van der Waals surface area contributed by atoms with Gasteiger partial charge in [-0.2, -0.15) is 12.6 Å². The zero-order chi connectivity index (χ0) is 8.69. The van der Waals surface area contributed by atoms with E-state index in [1.165, 1.54) is 11.8 Å². The Bertz CT molecular complexity index is 118. The van der Waals surface area contributed by atoms with E-state index in [2.05, 4.69) is 12.6 Å². The van der Waals surface area contributed by atoms with E-state index < -0.39 is 5.97 Å². The molecule has 0 saturated carbocycles. The van der Waals surface area contributed by atoms with E-state index in [0.29, 0.717) is 12.2 Å². The van der Waals surface area contributed by atoms with Crippen LogP contribution in [0.3, 0.4) is 0 Å². The molecule has 0 saturated heterocycles. The average molecular weight is 196 g/mol. The smallest absolute Gasteiger partial charge is 0.304 e. The predicted molar refractivity (Wildman–Crippen MR) is 49.2 cm³/mol. The SMILES string of the molecule is O=C(O)CCSC(S)CCO. The Morgan fingerprint density at radius 1 is 1.64 bits per heavy atom. The number of carboxylic acid groups (broad SMARTS) is 1. The molecule has 0 aromatic heterocycles. The van der Waals surface area contributed by atoms with Crippen molar-refractivity contribution in [3.63, 3.8) is 0 Å². The van der Waals surface area contributed by atoms with Gasteiger partial charge in [0.15, 0.2) is 0 Å². The third-order valence-electron chi connectivity index (χ3n) is 1.00. The van der Waals surface area contributed by atoms with Crippen molar-refractivity contribution in [2.75, 3.05) is 12.4 Å². The highest BCUT2D eigenvalue weighted by molar-refractivity contribution is 8.10. The van der Waals surface area contributed by atoms with Crippen molar-refractivity contribution in [3.05, 3.63) is 0 Å². The number of rotatable bonds is 6. The fourth-order valence-corrected chi connectivity index (χ4v) is 1.74. The fraction of sp³-hybridized carbons (Fsp3) is 0.833. The van der Waals surface area contributed by atoms with Crippen molar-refractivity contribution in [2.45, 2.75) is 17.4 Å². The van der Waals surface area contributed by atoms with Crippen LogP contribution in [0.2, 0.25) is 0 Å². The second-order valence-electron chi connectivity index (χ2n) is 1.98. The van der Waals surface area contributed by atoms with Crippen LogP contribution >= 0.6 is 24.4 Å². The number of aliphatic hydroxyl groups is 1. The Balaban J connectivity index is 3.16. The lowest BCUT2D eigenvalue weighted by Crippen LogP contribution is -2.01. The molecule has 1 unspecified atom stereocenters. The van der Waals surface area contributed by atoms with Gasteiger partial charge in [0.2, 0.25) is 0 Å². The zero-order valence-electron chi connectivity index (χ0n) is 6.06. The molecule has 11 heavy (non-hydrogen) atoms. The van der Waals surface area contributed by atoms with Crippen LogP contribution < -0.4 is 0 Å². The maximum atomic E-state index is 10.1. The number of hydrogen-bond donors (Lipinski definition) is 3. The number of thioether (sulfide) groups is 1. The quantitative estimate of drug-likeness (QED) is 0.435. The first-order valence-electron chi connectivity index (χ1n) is 3.29. The maximum absolute atomic E-state index is 10.1. The van der Waals surface area contributed by atoms with Crippen LogP contribution in [0.15, 0.2) is 0 Å². The van der Waals surface area contributed by atoms with Crippen molar-refractivity contribution in [1.82, 2.24) is 0 Å². The number of carboxylic acids is 1. The molecule has 0 aliphatic rings. The molecular formula is C6H12O3S2. The molecule has 0 aliphatic heterocycles. The van der Waals surface area contributed by atoms with Crippen LogP contribution in [0.5, 0.6) is 0 Å². The molecule has 0 amide bonds. The van der Waals surface area contributed by atoms with E-state index in [-0.39, 0.29) is 17.6 Å². The van der Waals surface area contributed by atoms with Gasteiger partial charge in [-0.05, 0) is 6.42 Å². The highest BCUT2D eigenvalue weighted by Crippen LogP contribution is 2.18. The van der Waals surface area contributed by atoms with E-state index >= 15 is 0 Å². The molecule has 0 aromatic carbocycles. The topological polar surface area (TPSA) is 57.5 Å². The lowest BCUT2D eigenvalue weighted by Gasteiger charge is -2.06. The summed E-state index contributed by atoms with van der Waals surface area (Å²) in [4.78, 5) is 10.1. The highest BCUT2D eigenvalue weighted by Gasteiger charge is 2.03. The molecule has 3 nitrogen and oxygen atoms in total. The molecule has 66 valence electrons. The molecule has 0 bridgehead atoms. The number of carbonyl (C=O) groups is 1. The predicted octanol–water partition coefficient (Wildman–Crippen LogP) is 0.833. The maximum Gasteiger partial charge on any atom is 0.304 e. The second-order valence-corrected chi connectivity index (χ2v) is 4.26. The first-order valence-corrected chi connectivity index (χ1v) is 4.85. The van der Waals surface area contributed by atoms with E-state index in [9.17, 15) is 4.79 Å². The van der Waals surface area contributed by atoms with Crippen molar-refractivity contribution in [2.24, 2.45) is 0 Å². The van der Waals surface area contributed by atoms with Gasteiger partial charge in [-0.25, -0.2) is 0 Å². The molecule has 0 spiro atoms. The summed E-state index contributed by atoms with van der Waals surface area (Å²) in [5, 5.41) is 16.7. The van der Waals surface area contributed by atoms with Crippen LogP contribution in [-0.4, -0.2) is 33.1 Å². The number of hydrogen-bond acceptors (Lipinski definition) is 4. The Morgan fingerprint density at radius 2 is 2.27 bits per heavy atom. The number of thiol groups is 1. The highest BCUT2D eigenvalue weighted by atomic mass is 32.2. The molecule has 0 fully saturated rings.